The molecule has 2 aromatic carbocycles. The Bertz CT molecular complexity index is 684. The molecular weight excluding hydrogens is 387 g/mol. The number of hydrogen-bond acceptors (Lipinski definition) is 2. The molecule has 0 spiro atoms. The standard InChI is InChI=1S/C17H15BrF3NO2/c1-11(12-2-4-13(5-3-12)17(19,20)21)22-16(23)10-24-15-8-6-14(18)7-9-15/h2-9,11H,10H2,1H3,(H,22,23). The molecule has 1 N–H and O–H groups in total. The molecule has 1 unspecified atom stereocenters. The number of ether oxygens (including phenoxy) is 1. The van der Waals surface area contributed by atoms with Gasteiger partial charge in [-0.25, -0.2) is 0 Å². The van der Waals surface area contributed by atoms with Gasteiger partial charge in [-0.05, 0) is 48.9 Å². The molecule has 128 valence electrons. The van der Waals surface area contributed by atoms with Crippen LogP contribution in [-0.4, -0.2) is 12.5 Å². The molecule has 0 aliphatic carbocycles. The highest BCUT2D eigenvalue weighted by atomic mass is 79.9. The third-order valence-electron chi connectivity index (χ3n) is 3.30. The Balaban J connectivity index is 1.88. The van der Waals surface area contributed by atoms with Gasteiger partial charge < -0.3 is 10.1 Å². The molecule has 7 heteroatoms. The monoisotopic (exact) mass is 401 g/mol. The highest BCUT2D eigenvalue weighted by molar-refractivity contribution is 9.10. The van der Waals surface area contributed by atoms with Crippen LogP contribution in [0.25, 0.3) is 0 Å². The summed E-state index contributed by atoms with van der Waals surface area (Å²) in [6.45, 7) is 1.52. The van der Waals surface area contributed by atoms with Crippen molar-refractivity contribution in [3.8, 4) is 5.75 Å². The van der Waals surface area contributed by atoms with Crippen molar-refractivity contribution in [2.45, 2.75) is 19.1 Å². The van der Waals surface area contributed by atoms with Crippen molar-refractivity contribution in [3.05, 3.63) is 64.1 Å². The maximum absolute atomic E-state index is 12.5. The summed E-state index contributed by atoms with van der Waals surface area (Å²) in [4.78, 5) is 11.9. The quantitative estimate of drug-likeness (QED) is 0.786. The molecule has 3 nitrogen and oxygen atoms in total. The van der Waals surface area contributed by atoms with Gasteiger partial charge in [-0.15, -0.1) is 0 Å². The fourth-order valence-corrected chi connectivity index (χ4v) is 2.27. The Kier molecular flexibility index (Phi) is 5.88. The average Bonchev–Trinajstić information content (AvgIpc) is 2.53. The average molecular weight is 402 g/mol. The Labute approximate surface area is 146 Å². The van der Waals surface area contributed by atoms with E-state index in [1.165, 1.54) is 12.1 Å². The highest BCUT2D eigenvalue weighted by Crippen LogP contribution is 2.29. The minimum Gasteiger partial charge on any atom is -0.484 e. The first-order valence-corrected chi connectivity index (χ1v) is 7.90. The predicted octanol–water partition coefficient (Wildman–Crippen LogP) is 4.72. The molecule has 2 aromatic rings. The van der Waals surface area contributed by atoms with Gasteiger partial charge in [0.25, 0.3) is 5.91 Å². The Morgan fingerprint density at radius 1 is 1.12 bits per heavy atom. The van der Waals surface area contributed by atoms with Crippen LogP contribution in [0.15, 0.2) is 53.0 Å². The number of carbonyl (C=O) groups excluding carboxylic acids is 1. The van der Waals surface area contributed by atoms with E-state index < -0.39 is 17.8 Å². The number of nitrogens with one attached hydrogen (secondary N) is 1. The van der Waals surface area contributed by atoms with Crippen molar-refractivity contribution in [3.63, 3.8) is 0 Å². The van der Waals surface area contributed by atoms with E-state index in [9.17, 15) is 18.0 Å². The van der Waals surface area contributed by atoms with Crippen LogP contribution in [0.4, 0.5) is 13.2 Å². The molecular formula is C17H15BrF3NO2. The molecule has 0 saturated carbocycles. The fraction of sp³-hybridized carbons (Fsp3) is 0.235. The Hall–Kier alpha value is -2.02. The van der Waals surface area contributed by atoms with Crippen LogP contribution >= 0.6 is 15.9 Å². The molecule has 24 heavy (non-hydrogen) atoms. The van der Waals surface area contributed by atoms with Gasteiger partial charge in [0.1, 0.15) is 5.75 Å². The van der Waals surface area contributed by atoms with Crippen molar-refractivity contribution >= 4 is 21.8 Å². The third-order valence-corrected chi connectivity index (χ3v) is 3.83. The second-order valence-electron chi connectivity index (χ2n) is 5.15. The Morgan fingerprint density at radius 2 is 1.71 bits per heavy atom. The van der Waals surface area contributed by atoms with Crippen LogP contribution in [0.1, 0.15) is 24.1 Å². The van der Waals surface area contributed by atoms with Gasteiger partial charge in [-0.1, -0.05) is 28.1 Å². The number of alkyl halides is 3. The number of benzene rings is 2. The van der Waals surface area contributed by atoms with Crippen molar-refractivity contribution < 1.29 is 22.7 Å². The molecule has 1 amide bonds. The second kappa shape index (κ2) is 7.70. The van der Waals surface area contributed by atoms with E-state index in [0.717, 1.165) is 16.6 Å². The van der Waals surface area contributed by atoms with Gasteiger partial charge in [-0.3, -0.25) is 4.79 Å². The first-order chi connectivity index (χ1) is 11.3. The van der Waals surface area contributed by atoms with Crippen LogP contribution in [0.5, 0.6) is 5.75 Å². The molecule has 0 fully saturated rings. The van der Waals surface area contributed by atoms with Gasteiger partial charge in [-0.2, -0.15) is 13.2 Å². The number of rotatable bonds is 5. The number of amides is 1. The summed E-state index contributed by atoms with van der Waals surface area (Å²) >= 11 is 3.30. The van der Waals surface area contributed by atoms with E-state index in [1.807, 2.05) is 0 Å². The predicted molar refractivity (Wildman–Crippen MR) is 87.6 cm³/mol. The zero-order valence-electron chi connectivity index (χ0n) is 12.7. The molecule has 0 radical (unpaired) electrons. The number of halogens is 4. The molecule has 0 saturated heterocycles. The maximum atomic E-state index is 12.5. The maximum Gasteiger partial charge on any atom is 0.416 e. The van der Waals surface area contributed by atoms with Gasteiger partial charge in [0.2, 0.25) is 0 Å². The largest absolute Gasteiger partial charge is 0.484 e. The highest BCUT2D eigenvalue weighted by Gasteiger charge is 2.30. The first kappa shape index (κ1) is 18.3. The van der Waals surface area contributed by atoms with Gasteiger partial charge in [0, 0.05) is 4.47 Å². The molecule has 1 atom stereocenters. The lowest BCUT2D eigenvalue weighted by Gasteiger charge is -2.16. The normalized spacial score (nSPS) is 12.5. The summed E-state index contributed by atoms with van der Waals surface area (Å²) in [6.07, 6.45) is -4.37. The van der Waals surface area contributed by atoms with E-state index >= 15 is 0 Å². The van der Waals surface area contributed by atoms with Crippen LogP contribution in [0.3, 0.4) is 0 Å². The van der Waals surface area contributed by atoms with Gasteiger partial charge in [0.05, 0.1) is 11.6 Å². The number of hydrogen-bond donors (Lipinski definition) is 1. The molecule has 0 bridgehead atoms. The van der Waals surface area contributed by atoms with E-state index in [2.05, 4.69) is 21.2 Å². The summed E-state index contributed by atoms with van der Waals surface area (Å²) in [5, 5.41) is 2.68. The SMILES string of the molecule is CC(NC(=O)COc1ccc(Br)cc1)c1ccc(C(F)(F)F)cc1. The summed E-state index contributed by atoms with van der Waals surface area (Å²) in [6, 6.07) is 11.3. The second-order valence-corrected chi connectivity index (χ2v) is 6.07. The summed E-state index contributed by atoms with van der Waals surface area (Å²) in [5.74, 6) is 0.195. The summed E-state index contributed by atoms with van der Waals surface area (Å²) in [7, 11) is 0. The van der Waals surface area contributed by atoms with Crippen molar-refractivity contribution in [2.24, 2.45) is 0 Å². The van der Waals surface area contributed by atoms with Crippen LogP contribution < -0.4 is 10.1 Å². The van der Waals surface area contributed by atoms with Gasteiger partial charge in [0.15, 0.2) is 6.61 Å². The van der Waals surface area contributed by atoms with Gasteiger partial charge >= 0.3 is 6.18 Å². The lowest BCUT2D eigenvalue weighted by atomic mass is 10.1. The summed E-state index contributed by atoms with van der Waals surface area (Å²) in [5.41, 5.74) is -0.136. The Morgan fingerprint density at radius 3 is 2.25 bits per heavy atom. The first-order valence-electron chi connectivity index (χ1n) is 7.10. The topological polar surface area (TPSA) is 38.3 Å². The molecule has 0 aliphatic rings. The van der Waals surface area contributed by atoms with E-state index in [1.54, 1.807) is 31.2 Å². The lowest BCUT2D eigenvalue weighted by Crippen LogP contribution is -2.31. The van der Waals surface area contributed by atoms with Crippen LogP contribution in [0, 0.1) is 0 Å². The minimum absolute atomic E-state index is 0.174. The van der Waals surface area contributed by atoms with Crippen molar-refractivity contribution in [1.82, 2.24) is 5.32 Å². The molecule has 0 aromatic heterocycles. The smallest absolute Gasteiger partial charge is 0.416 e. The van der Waals surface area contributed by atoms with Crippen molar-refractivity contribution in [1.29, 1.82) is 0 Å². The van der Waals surface area contributed by atoms with Crippen molar-refractivity contribution in [2.75, 3.05) is 6.61 Å². The number of carbonyl (C=O) groups is 1. The van der Waals surface area contributed by atoms with E-state index in [4.69, 9.17) is 4.74 Å². The molecule has 0 heterocycles. The lowest BCUT2D eigenvalue weighted by molar-refractivity contribution is -0.137. The molecule has 2 rings (SSSR count). The van der Waals surface area contributed by atoms with Crippen LogP contribution in [-0.2, 0) is 11.0 Å². The third kappa shape index (κ3) is 5.26. The van der Waals surface area contributed by atoms with E-state index in [-0.39, 0.29) is 12.5 Å². The summed E-state index contributed by atoms with van der Waals surface area (Å²) < 4.78 is 43.8. The minimum atomic E-state index is -4.37. The van der Waals surface area contributed by atoms with E-state index in [0.29, 0.717) is 11.3 Å². The fourth-order valence-electron chi connectivity index (χ4n) is 2.01. The zero-order chi connectivity index (χ0) is 17.7. The molecule has 0 aliphatic heterocycles. The van der Waals surface area contributed by atoms with Crippen LogP contribution in [0.2, 0.25) is 0 Å². The zero-order valence-corrected chi connectivity index (χ0v) is 14.3.